The second-order valence-corrected chi connectivity index (χ2v) is 6.64. The van der Waals surface area contributed by atoms with Gasteiger partial charge in [-0.2, -0.15) is 0 Å². The van der Waals surface area contributed by atoms with Crippen molar-refractivity contribution in [2.24, 2.45) is 0 Å². The lowest BCUT2D eigenvalue weighted by Gasteiger charge is -2.09. The van der Waals surface area contributed by atoms with Crippen molar-refractivity contribution in [2.75, 3.05) is 13.1 Å². The Balaban J connectivity index is 1.93. The van der Waals surface area contributed by atoms with E-state index in [0.29, 0.717) is 24.0 Å². The Kier molecular flexibility index (Phi) is 4.04. The summed E-state index contributed by atoms with van der Waals surface area (Å²) >= 11 is 0. The molecule has 0 spiro atoms. The Hall–Kier alpha value is -0.910. The van der Waals surface area contributed by atoms with E-state index in [-0.39, 0.29) is 0 Å². The molecule has 1 aromatic rings. The van der Waals surface area contributed by atoms with Gasteiger partial charge in [-0.1, -0.05) is 6.07 Å². The molecule has 0 aliphatic heterocycles. The Morgan fingerprint density at radius 2 is 1.89 bits per heavy atom. The van der Waals surface area contributed by atoms with Crippen molar-refractivity contribution in [2.45, 2.75) is 37.6 Å². The molecule has 0 radical (unpaired) electrons. The third-order valence-electron chi connectivity index (χ3n) is 3.22. The molecule has 0 amide bonds. The summed E-state index contributed by atoms with van der Waals surface area (Å²) in [7, 11) is -3.37. The zero-order valence-corrected chi connectivity index (χ0v) is 11.7. The molecular formula is C13H20N2O2S. The van der Waals surface area contributed by atoms with Crippen LogP contribution < -0.4 is 10.0 Å². The van der Waals surface area contributed by atoms with Crippen LogP contribution in [0.4, 0.5) is 0 Å². The largest absolute Gasteiger partial charge is 0.313 e. The molecule has 1 aliphatic rings. The van der Waals surface area contributed by atoms with Gasteiger partial charge in [-0.05, 0) is 49.9 Å². The second-order valence-electron chi connectivity index (χ2n) is 4.87. The van der Waals surface area contributed by atoms with Crippen molar-refractivity contribution in [3.63, 3.8) is 0 Å². The van der Waals surface area contributed by atoms with Gasteiger partial charge in [0.1, 0.15) is 0 Å². The first kappa shape index (κ1) is 13.5. The molecule has 18 heavy (non-hydrogen) atoms. The first-order valence-corrected chi connectivity index (χ1v) is 7.78. The third kappa shape index (κ3) is 3.54. The van der Waals surface area contributed by atoms with Gasteiger partial charge in [0.2, 0.25) is 10.0 Å². The Bertz CT molecular complexity index is 522. The topological polar surface area (TPSA) is 58.2 Å². The van der Waals surface area contributed by atoms with Crippen LogP contribution in [0.2, 0.25) is 0 Å². The van der Waals surface area contributed by atoms with E-state index < -0.39 is 10.0 Å². The highest BCUT2D eigenvalue weighted by molar-refractivity contribution is 7.89. The minimum atomic E-state index is -3.37. The highest BCUT2D eigenvalue weighted by Gasteiger charge is 2.20. The van der Waals surface area contributed by atoms with Gasteiger partial charge < -0.3 is 5.32 Å². The fourth-order valence-corrected chi connectivity index (χ4v) is 2.83. The average molecular weight is 268 g/mol. The van der Waals surface area contributed by atoms with Crippen molar-refractivity contribution in [3.8, 4) is 0 Å². The Labute approximate surface area is 109 Å². The molecule has 0 aromatic heterocycles. The summed E-state index contributed by atoms with van der Waals surface area (Å²) in [6, 6.07) is 5.81. The normalized spacial score (nSPS) is 15.9. The van der Waals surface area contributed by atoms with E-state index in [4.69, 9.17) is 0 Å². The van der Waals surface area contributed by atoms with Crippen molar-refractivity contribution in [1.82, 2.24) is 10.0 Å². The molecule has 0 saturated heterocycles. The molecule has 1 aliphatic carbocycles. The van der Waals surface area contributed by atoms with Crippen LogP contribution in [-0.2, 0) is 10.0 Å². The van der Waals surface area contributed by atoms with Crippen molar-refractivity contribution < 1.29 is 8.42 Å². The smallest absolute Gasteiger partial charge is 0.240 e. The van der Waals surface area contributed by atoms with Gasteiger partial charge in [0.15, 0.2) is 0 Å². The number of aryl methyl sites for hydroxylation is 2. The molecule has 2 rings (SSSR count). The molecule has 0 unspecified atom stereocenters. The summed E-state index contributed by atoms with van der Waals surface area (Å²) < 4.78 is 26.6. The lowest BCUT2D eigenvalue weighted by molar-refractivity contribution is 0.575. The quantitative estimate of drug-likeness (QED) is 0.765. The van der Waals surface area contributed by atoms with Gasteiger partial charge in [-0.15, -0.1) is 0 Å². The molecule has 100 valence electrons. The standard InChI is InChI=1S/C13H20N2O2S/c1-10-3-6-13(9-11(10)2)18(16,17)15-8-7-14-12-4-5-12/h3,6,9,12,14-15H,4-5,7-8H2,1-2H3. The highest BCUT2D eigenvalue weighted by atomic mass is 32.2. The van der Waals surface area contributed by atoms with Crippen LogP contribution in [0.3, 0.4) is 0 Å². The summed E-state index contributed by atoms with van der Waals surface area (Å²) in [5, 5.41) is 3.27. The van der Waals surface area contributed by atoms with Gasteiger partial charge in [0, 0.05) is 19.1 Å². The first-order valence-electron chi connectivity index (χ1n) is 6.29. The van der Waals surface area contributed by atoms with E-state index >= 15 is 0 Å². The minimum absolute atomic E-state index is 0.344. The number of sulfonamides is 1. The fourth-order valence-electron chi connectivity index (χ4n) is 1.71. The summed E-state index contributed by atoms with van der Waals surface area (Å²) in [5.41, 5.74) is 2.10. The SMILES string of the molecule is Cc1ccc(S(=O)(=O)NCCNC2CC2)cc1C. The van der Waals surface area contributed by atoms with Crippen LogP contribution in [-0.4, -0.2) is 27.5 Å². The average Bonchev–Trinajstić information content (AvgIpc) is 3.12. The molecule has 4 nitrogen and oxygen atoms in total. The molecule has 0 bridgehead atoms. The number of hydrogen-bond donors (Lipinski definition) is 2. The molecule has 5 heteroatoms. The maximum absolute atomic E-state index is 12.0. The molecule has 2 N–H and O–H groups in total. The Morgan fingerprint density at radius 3 is 2.50 bits per heavy atom. The van der Waals surface area contributed by atoms with Crippen LogP contribution >= 0.6 is 0 Å². The van der Waals surface area contributed by atoms with E-state index in [0.717, 1.165) is 11.1 Å². The fraction of sp³-hybridized carbons (Fsp3) is 0.538. The monoisotopic (exact) mass is 268 g/mol. The van der Waals surface area contributed by atoms with Gasteiger partial charge in [0.05, 0.1) is 4.90 Å². The molecule has 1 fully saturated rings. The molecule has 1 aromatic carbocycles. The van der Waals surface area contributed by atoms with E-state index in [2.05, 4.69) is 10.0 Å². The summed E-state index contributed by atoms with van der Waals surface area (Å²) in [4.78, 5) is 0.344. The Morgan fingerprint density at radius 1 is 1.17 bits per heavy atom. The second kappa shape index (κ2) is 5.38. The zero-order chi connectivity index (χ0) is 13.2. The van der Waals surface area contributed by atoms with Gasteiger partial charge in [-0.3, -0.25) is 0 Å². The van der Waals surface area contributed by atoms with Crippen LogP contribution in [0.5, 0.6) is 0 Å². The minimum Gasteiger partial charge on any atom is -0.313 e. The van der Waals surface area contributed by atoms with Gasteiger partial charge in [0.25, 0.3) is 0 Å². The van der Waals surface area contributed by atoms with Gasteiger partial charge >= 0.3 is 0 Å². The summed E-state index contributed by atoms with van der Waals surface area (Å²) in [6.07, 6.45) is 2.42. The lowest BCUT2D eigenvalue weighted by atomic mass is 10.1. The summed E-state index contributed by atoms with van der Waals surface area (Å²) in [6.45, 7) is 5.02. The van der Waals surface area contributed by atoms with E-state index in [1.807, 2.05) is 19.9 Å². The number of hydrogen-bond acceptors (Lipinski definition) is 3. The molecule has 0 atom stereocenters. The molecule has 0 heterocycles. The molecular weight excluding hydrogens is 248 g/mol. The van der Waals surface area contributed by atoms with E-state index in [1.54, 1.807) is 12.1 Å². The predicted molar refractivity (Wildman–Crippen MR) is 72.1 cm³/mol. The third-order valence-corrected chi connectivity index (χ3v) is 4.67. The predicted octanol–water partition coefficient (Wildman–Crippen LogP) is 1.33. The maximum Gasteiger partial charge on any atom is 0.240 e. The lowest BCUT2D eigenvalue weighted by Crippen LogP contribution is -2.32. The molecule has 1 saturated carbocycles. The highest BCUT2D eigenvalue weighted by Crippen LogP contribution is 2.18. The number of rotatable bonds is 6. The van der Waals surface area contributed by atoms with Crippen molar-refractivity contribution >= 4 is 10.0 Å². The summed E-state index contributed by atoms with van der Waals surface area (Å²) in [5.74, 6) is 0. The van der Waals surface area contributed by atoms with Crippen LogP contribution in [0, 0.1) is 13.8 Å². The first-order chi connectivity index (χ1) is 8.49. The maximum atomic E-state index is 12.0. The van der Waals surface area contributed by atoms with Crippen molar-refractivity contribution in [3.05, 3.63) is 29.3 Å². The van der Waals surface area contributed by atoms with Gasteiger partial charge in [-0.25, -0.2) is 13.1 Å². The number of benzene rings is 1. The number of nitrogens with one attached hydrogen (secondary N) is 2. The van der Waals surface area contributed by atoms with Crippen molar-refractivity contribution in [1.29, 1.82) is 0 Å². The van der Waals surface area contributed by atoms with E-state index in [1.165, 1.54) is 12.8 Å². The van der Waals surface area contributed by atoms with Crippen LogP contribution in [0.15, 0.2) is 23.1 Å². The zero-order valence-electron chi connectivity index (χ0n) is 10.9. The van der Waals surface area contributed by atoms with Crippen LogP contribution in [0.25, 0.3) is 0 Å². The van der Waals surface area contributed by atoms with Crippen LogP contribution in [0.1, 0.15) is 24.0 Å². The van der Waals surface area contributed by atoms with E-state index in [9.17, 15) is 8.42 Å².